The van der Waals surface area contributed by atoms with Gasteiger partial charge in [0.2, 0.25) is 0 Å². The molecule has 4 rings (SSSR count). The van der Waals surface area contributed by atoms with Crippen LogP contribution in [0.4, 0.5) is 0 Å². The molecule has 4 aromatic rings. The molecule has 3 aromatic carbocycles. The number of rotatable bonds is 5. The van der Waals surface area contributed by atoms with Crippen LogP contribution >= 0.6 is 11.6 Å². The zero-order chi connectivity index (χ0) is 19.5. The molecule has 1 heterocycles. The Labute approximate surface area is 168 Å². The monoisotopic (exact) mass is 390 g/mol. The molecule has 0 bridgehead atoms. The number of aromatic nitrogens is 2. The summed E-state index contributed by atoms with van der Waals surface area (Å²) in [6.07, 6.45) is 0. The van der Waals surface area contributed by atoms with Crippen LogP contribution in [0.1, 0.15) is 0 Å². The van der Waals surface area contributed by atoms with Gasteiger partial charge >= 0.3 is 0 Å². The number of H-pyrrole nitrogens is 1. The van der Waals surface area contributed by atoms with Gasteiger partial charge in [-0.2, -0.15) is 5.10 Å². The van der Waals surface area contributed by atoms with Crippen molar-refractivity contribution < 1.29 is 9.47 Å². The summed E-state index contributed by atoms with van der Waals surface area (Å²) in [7, 11) is 3.30. The molecule has 28 heavy (non-hydrogen) atoms. The zero-order valence-corrected chi connectivity index (χ0v) is 16.3. The lowest BCUT2D eigenvalue weighted by molar-refractivity contribution is 0.404. The topological polar surface area (TPSA) is 47.1 Å². The lowest BCUT2D eigenvalue weighted by Crippen LogP contribution is -1.90. The van der Waals surface area contributed by atoms with Gasteiger partial charge in [-0.25, -0.2) is 0 Å². The standard InChI is InChI=1S/C23H19ClN2O2/c1-27-19-11-12-23(28-2)20(13-19)22-14-21(25-26-22)17-5-3-15(4-6-17)16-7-9-18(24)10-8-16/h3-14H,1-2H3,(H,25,26). The Morgan fingerprint density at radius 1 is 0.750 bits per heavy atom. The highest BCUT2D eigenvalue weighted by Gasteiger charge is 2.12. The highest BCUT2D eigenvalue weighted by atomic mass is 35.5. The maximum Gasteiger partial charge on any atom is 0.128 e. The molecule has 0 spiro atoms. The fourth-order valence-electron chi connectivity index (χ4n) is 3.11. The van der Waals surface area contributed by atoms with E-state index in [1.54, 1.807) is 14.2 Å². The number of nitrogens with one attached hydrogen (secondary N) is 1. The van der Waals surface area contributed by atoms with Crippen molar-refractivity contribution in [2.45, 2.75) is 0 Å². The number of ether oxygens (including phenoxy) is 2. The van der Waals surface area contributed by atoms with Crippen LogP contribution in [-0.4, -0.2) is 24.4 Å². The average Bonchev–Trinajstić information content (AvgIpc) is 3.24. The van der Waals surface area contributed by atoms with Gasteiger partial charge in [-0.1, -0.05) is 48.0 Å². The van der Waals surface area contributed by atoms with E-state index in [0.717, 1.165) is 50.2 Å². The van der Waals surface area contributed by atoms with Crippen molar-refractivity contribution >= 4 is 11.6 Å². The summed E-state index contributed by atoms with van der Waals surface area (Å²) in [6.45, 7) is 0. The number of hydrogen-bond donors (Lipinski definition) is 1. The Morgan fingerprint density at radius 2 is 1.39 bits per heavy atom. The van der Waals surface area contributed by atoms with Crippen molar-refractivity contribution in [3.05, 3.63) is 77.8 Å². The fraction of sp³-hybridized carbons (Fsp3) is 0.0870. The van der Waals surface area contributed by atoms with E-state index in [4.69, 9.17) is 21.1 Å². The minimum absolute atomic E-state index is 0.734. The molecule has 0 saturated carbocycles. The Hall–Kier alpha value is -3.24. The van der Waals surface area contributed by atoms with E-state index in [-0.39, 0.29) is 0 Å². The minimum atomic E-state index is 0.734. The first-order chi connectivity index (χ1) is 13.7. The van der Waals surface area contributed by atoms with E-state index < -0.39 is 0 Å². The Bertz CT molecular complexity index is 1090. The van der Waals surface area contributed by atoms with E-state index in [2.05, 4.69) is 34.5 Å². The number of aromatic amines is 1. The molecule has 1 N–H and O–H groups in total. The van der Waals surface area contributed by atoms with Gasteiger partial charge in [0.25, 0.3) is 0 Å². The van der Waals surface area contributed by atoms with Crippen LogP contribution in [-0.2, 0) is 0 Å². The van der Waals surface area contributed by atoms with Gasteiger partial charge in [-0.3, -0.25) is 5.10 Å². The molecular weight excluding hydrogens is 372 g/mol. The first-order valence-corrected chi connectivity index (χ1v) is 9.20. The fourth-order valence-corrected chi connectivity index (χ4v) is 3.23. The third kappa shape index (κ3) is 3.59. The molecule has 0 fully saturated rings. The predicted molar refractivity (Wildman–Crippen MR) is 113 cm³/mol. The molecule has 0 amide bonds. The molecule has 0 saturated heterocycles. The molecule has 1 aromatic heterocycles. The maximum atomic E-state index is 5.97. The first-order valence-electron chi connectivity index (χ1n) is 8.82. The van der Waals surface area contributed by atoms with Gasteiger partial charge in [-0.05, 0) is 47.5 Å². The SMILES string of the molecule is COc1ccc(OC)c(-c2cc(-c3ccc(-c4ccc(Cl)cc4)cc3)n[nH]2)c1. The maximum absolute atomic E-state index is 5.97. The van der Waals surface area contributed by atoms with Crippen LogP contribution in [0, 0.1) is 0 Å². The lowest BCUT2D eigenvalue weighted by Gasteiger charge is -2.08. The van der Waals surface area contributed by atoms with Gasteiger partial charge in [0.05, 0.1) is 25.6 Å². The van der Waals surface area contributed by atoms with E-state index in [1.165, 1.54) is 0 Å². The van der Waals surface area contributed by atoms with Crippen LogP contribution in [0.5, 0.6) is 11.5 Å². The van der Waals surface area contributed by atoms with Crippen molar-refractivity contribution in [2.75, 3.05) is 14.2 Å². The number of methoxy groups -OCH3 is 2. The summed E-state index contributed by atoms with van der Waals surface area (Å²) in [6, 6.07) is 23.8. The van der Waals surface area contributed by atoms with Gasteiger partial charge in [0.15, 0.2) is 0 Å². The van der Waals surface area contributed by atoms with Crippen molar-refractivity contribution in [2.24, 2.45) is 0 Å². The molecule has 140 valence electrons. The molecule has 0 aliphatic heterocycles. The number of benzene rings is 3. The summed E-state index contributed by atoms with van der Waals surface area (Å²) in [5.74, 6) is 1.52. The molecule has 0 unspecified atom stereocenters. The number of nitrogens with zero attached hydrogens (tertiary/aromatic N) is 1. The summed E-state index contributed by atoms with van der Waals surface area (Å²) >= 11 is 5.97. The largest absolute Gasteiger partial charge is 0.497 e. The summed E-state index contributed by atoms with van der Waals surface area (Å²) in [4.78, 5) is 0. The van der Waals surface area contributed by atoms with E-state index in [0.29, 0.717) is 0 Å². The molecular formula is C23H19ClN2O2. The average molecular weight is 391 g/mol. The van der Waals surface area contributed by atoms with Crippen LogP contribution in [0.2, 0.25) is 5.02 Å². The van der Waals surface area contributed by atoms with Crippen LogP contribution in [0.25, 0.3) is 33.6 Å². The summed E-state index contributed by atoms with van der Waals surface area (Å²) in [5, 5.41) is 8.30. The highest BCUT2D eigenvalue weighted by Crippen LogP contribution is 2.34. The minimum Gasteiger partial charge on any atom is -0.497 e. The quantitative estimate of drug-likeness (QED) is 0.449. The second-order valence-electron chi connectivity index (χ2n) is 6.32. The third-order valence-corrected chi connectivity index (χ3v) is 4.88. The molecule has 0 aliphatic carbocycles. The first kappa shape index (κ1) is 18.1. The Morgan fingerprint density at radius 3 is 2.04 bits per heavy atom. The van der Waals surface area contributed by atoms with Crippen LogP contribution < -0.4 is 9.47 Å². The van der Waals surface area contributed by atoms with Crippen LogP contribution in [0.15, 0.2) is 72.8 Å². The lowest BCUT2D eigenvalue weighted by atomic mass is 10.0. The number of halogens is 1. The number of hydrogen-bond acceptors (Lipinski definition) is 3. The Kier molecular flexibility index (Phi) is 5.04. The molecule has 0 radical (unpaired) electrons. The predicted octanol–water partition coefficient (Wildman–Crippen LogP) is 6.08. The van der Waals surface area contributed by atoms with E-state index in [9.17, 15) is 0 Å². The van der Waals surface area contributed by atoms with Crippen molar-refractivity contribution in [3.63, 3.8) is 0 Å². The van der Waals surface area contributed by atoms with Gasteiger partial charge in [-0.15, -0.1) is 0 Å². The molecule has 5 heteroatoms. The summed E-state index contributed by atoms with van der Waals surface area (Å²) < 4.78 is 10.8. The molecule has 0 aliphatic rings. The normalized spacial score (nSPS) is 10.7. The van der Waals surface area contributed by atoms with Gasteiger partial charge in [0.1, 0.15) is 11.5 Å². The van der Waals surface area contributed by atoms with Gasteiger partial charge in [0, 0.05) is 16.1 Å². The van der Waals surface area contributed by atoms with Crippen molar-refractivity contribution in [3.8, 4) is 45.1 Å². The highest BCUT2D eigenvalue weighted by molar-refractivity contribution is 6.30. The third-order valence-electron chi connectivity index (χ3n) is 4.63. The second kappa shape index (κ2) is 7.79. The van der Waals surface area contributed by atoms with Crippen molar-refractivity contribution in [1.29, 1.82) is 0 Å². The van der Waals surface area contributed by atoms with E-state index >= 15 is 0 Å². The summed E-state index contributed by atoms with van der Waals surface area (Å²) in [5.41, 5.74) is 5.92. The van der Waals surface area contributed by atoms with E-state index in [1.807, 2.05) is 48.5 Å². The smallest absolute Gasteiger partial charge is 0.128 e. The van der Waals surface area contributed by atoms with Crippen molar-refractivity contribution in [1.82, 2.24) is 10.2 Å². The Balaban J connectivity index is 1.64. The zero-order valence-electron chi connectivity index (χ0n) is 15.6. The second-order valence-corrected chi connectivity index (χ2v) is 6.75. The molecule has 4 nitrogen and oxygen atoms in total. The molecule has 0 atom stereocenters. The van der Waals surface area contributed by atoms with Gasteiger partial charge < -0.3 is 9.47 Å². The van der Waals surface area contributed by atoms with Crippen LogP contribution in [0.3, 0.4) is 0 Å².